The third-order valence-electron chi connectivity index (χ3n) is 15.7. The van der Waals surface area contributed by atoms with Crippen molar-refractivity contribution in [2.45, 2.75) is 125 Å². The van der Waals surface area contributed by atoms with Crippen LogP contribution in [0.25, 0.3) is 22.3 Å². The molecule has 0 aliphatic carbocycles. The maximum absolute atomic E-state index is 13.0. The SMILES string of the molecule is CC(=O)N[C@H]1[C@H]([C@H](O)[C@H](O)CNC(=O)c2ccc(-c3ccccc3Cl)cc2)O[C@]([C-]=O)(OCCCSCCNC(=O)c2ccc(C(=O)CCCSCCCO[C@]3(C(=O)[O-])C[C@H](O)[C@@H](NC(C)=O)[C@H]([C@H](O)[C@H](O)CNC(=O)c4ccc(-c5ccccc5Cl)cc4)O3)cc2)C[C@@H]1O.[Na+].[Na+].[OH-]. The van der Waals surface area contributed by atoms with Crippen molar-refractivity contribution < 1.29 is 158 Å². The molecular formula is C67H78Cl2N5Na2O20S2-. The second-order valence-corrected chi connectivity index (χ2v) is 26.0. The van der Waals surface area contributed by atoms with Gasteiger partial charge in [-0.05, 0) is 96.2 Å². The minimum absolute atomic E-state index is 0. The first kappa shape index (κ1) is 85.5. The van der Waals surface area contributed by atoms with Gasteiger partial charge in [-0.25, -0.2) is 6.29 Å². The van der Waals surface area contributed by atoms with Gasteiger partial charge in [0.15, 0.2) is 5.78 Å². The Kier molecular flexibility index (Phi) is 36.5. The summed E-state index contributed by atoms with van der Waals surface area (Å²) in [6, 6.07) is 30.9. The summed E-state index contributed by atoms with van der Waals surface area (Å²) in [5, 5.41) is 93.4. The minimum Gasteiger partial charge on any atom is -0.870 e. The maximum atomic E-state index is 13.0. The van der Waals surface area contributed by atoms with Gasteiger partial charge in [-0.1, -0.05) is 96.0 Å². The summed E-state index contributed by atoms with van der Waals surface area (Å²) in [5.41, 5.74) is 4.27. The van der Waals surface area contributed by atoms with E-state index in [1.165, 1.54) is 30.4 Å². The topological polar surface area (TPSA) is 408 Å². The monoisotopic (exact) mass is 1450 g/mol. The first-order valence-electron chi connectivity index (χ1n) is 30.7. The van der Waals surface area contributed by atoms with E-state index in [1.54, 1.807) is 103 Å². The standard InChI is InChI=1S/C67H78Cl2N5O19S2.2Na.H2O/c1-39(76)73-56-52(79)34-66(38-75,92-60(56)58(83)54(81)36-71-63(86)45-21-15-41(16-22-45)47-10-3-5-12-49(47)68)90-28-8-32-95-33-27-70-62(85)44-25-19-43(20-26-44)51(78)14-7-30-94-31-9-29-91-67(65(88)89)35-53(80)57(74-40(2)77)61(93-67)59(84)55(82)37-72-64(87)46-23-17-42(18-24-46)48-11-4-6-13-50(48)69;;;/h3-6,10-13,15-26,52-61,79-84H,7-9,14,27-37H2,1-2H3,(H,70,85)(H,71,86)(H,72,87)(H,73,76)(H,74,77)(H,88,89);;;1H2/q-1;2*+1;/p-2/t52-,53-,54+,55+,56+,57+,58+,59+,60+,61+,66+,67+;;;/m0.../s1. The summed E-state index contributed by atoms with van der Waals surface area (Å²) in [6.07, 6.45) is -11.9. The van der Waals surface area contributed by atoms with E-state index in [4.69, 9.17) is 42.1 Å². The van der Waals surface area contributed by atoms with Crippen LogP contribution in [0.1, 0.15) is 93.8 Å². The molecule has 12 atom stereocenters. The van der Waals surface area contributed by atoms with Crippen LogP contribution < -0.4 is 90.8 Å². The van der Waals surface area contributed by atoms with E-state index in [0.717, 1.165) is 29.2 Å². The average Bonchev–Trinajstić information content (AvgIpc) is 0.776. The normalized spacial score (nSPS) is 21.5. The van der Waals surface area contributed by atoms with Crippen molar-refractivity contribution in [2.24, 2.45) is 0 Å². The van der Waals surface area contributed by atoms with Crippen LogP contribution in [0.2, 0.25) is 10.0 Å². The van der Waals surface area contributed by atoms with Gasteiger partial charge in [0, 0.05) is 109 Å². The van der Waals surface area contributed by atoms with Crippen LogP contribution in [0.4, 0.5) is 0 Å². The molecular weight excluding hydrogens is 1380 g/mol. The van der Waals surface area contributed by atoms with Gasteiger partial charge in [0.2, 0.25) is 17.6 Å². The summed E-state index contributed by atoms with van der Waals surface area (Å²) in [7, 11) is 0. The van der Waals surface area contributed by atoms with Gasteiger partial charge in [-0.15, -0.1) is 0 Å². The van der Waals surface area contributed by atoms with Crippen molar-refractivity contribution in [2.75, 3.05) is 55.9 Å². The van der Waals surface area contributed by atoms with Crippen molar-refractivity contribution in [1.29, 1.82) is 0 Å². The van der Waals surface area contributed by atoms with E-state index in [2.05, 4.69) is 26.6 Å². The number of thioether (sulfide) groups is 2. The van der Waals surface area contributed by atoms with Gasteiger partial charge < -0.3 is 96.3 Å². The Balaban J connectivity index is 0.00000680. The quantitative estimate of drug-likeness (QED) is 0.00833. The first-order valence-corrected chi connectivity index (χ1v) is 33.7. The molecule has 5 amide bonds. The molecule has 5 aromatic rings. The summed E-state index contributed by atoms with van der Waals surface area (Å²) in [5.74, 6) is -7.55. The molecule has 2 fully saturated rings. The Hall–Kier alpha value is -4.90. The number of carboxylic acids is 1. The molecule has 0 spiro atoms. The molecule has 98 heavy (non-hydrogen) atoms. The van der Waals surface area contributed by atoms with Crippen LogP contribution >= 0.6 is 46.7 Å². The van der Waals surface area contributed by atoms with Crippen molar-refractivity contribution >= 4 is 94.3 Å². The number of aliphatic hydroxyl groups excluding tert-OH is 6. The molecule has 2 saturated heterocycles. The van der Waals surface area contributed by atoms with E-state index >= 15 is 0 Å². The van der Waals surface area contributed by atoms with E-state index < -0.39 is 128 Å². The van der Waals surface area contributed by atoms with Crippen molar-refractivity contribution in [1.82, 2.24) is 26.6 Å². The van der Waals surface area contributed by atoms with Gasteiger partial charge >= 0.3 is 59.1 Å². The third kappa shape index (κ3) is 24.4. The zero-order chi connectivity index (χ0) is 68.8. The first-order chi connectivity index (χ1) is 45.4. The fourth-order valence-corrected chi connectivity index (χ4v) is 12.8. The number of benzene rings is 5. The molecule has 520 valence electrons. The maximum Gasteiger partial charge on any atom is 1.00 e. The number of aliphatic carboxylic acids is 1. The van der Waals surface area contributed by atoms with Crippen molar-refractivity contribution in [3.8, 4) is 22.3 Å². The summed E-state index contributed by atoms with van der Waals surface area (Å²) in [4.78, 5) is 101. The van der Waals surface area contributed by atoms with Gasteiger partial charge in [0.05, 0.1) is 48.9 Å². The van der Waals surface area contributed by atoms with Crippen LogP contribution in [0.15, 0.2) is 121 Å². The van der Waals surface area contributed by atoms with Gasteiger partial charge in [0.25, 0.3) is 17.7 Å². The Labute approximate surface area is 629 Å². The van der Waals surface area contributed by atoms with Crippen LogP contribution in [0.5, 0.6) is 0 Å². The molecule has 0 aromatic heterocycles. The van der Waals surface area contributed by atoms with Crippen LogP contribution in [-0.4, -0.2) is 212 Å². The Morgan fingerprint density at radius 2 is 0.990 bits per heavy atom. The number of aliphatic hydroxyl groups is 6. The molecule has 0 bridgehead atoms. The fourth-order valence-electron chi connectivity index (χ4n) is 10.7. The number of carboxylic acid groups (broad SMARTS) is 1. The molecule has 12 N–H and O–H groups in total. The minimum atomic E-state index is -2.60. The van der Waals surface area contributed by atoms with E-state index in [-0.39, 0.29) is 120 Å². The number of hydrogen-bond acceptors (Lipinski definition) is 22. The number of nitrogens with one attached hydrogen (secondary N) is 5. The Bertz CT molecular complexity index is 3430. The predicted octanol–water partition coefficient (Wildman–Crippen LogP) is -3.00. The Morgan fingerprint density at radius 3 is 1.45 bits per heavy atom. The van der Waals surface area contributed by atoms with Crippen LogP contribution in [-0.2, 0) is 38.1 Å². The number of carbonyl (C=O) groups is 7. The van der Waals surface area contributed by atoms with E-state index in [9.17, 15) is 74.1 Å². The summed E-state index contributed by atoms with van der Waals surface area (Å²) < 4.78 is 23.2. The van der Waals surface area contributed by atoms with Crippen LogP contribution in [0.3, 0.4) is 0 Å². The second kappa shape index (κ2) is 41.9. The van der Waals surface area contributed by atoms with Gasteiger partial charge in [-0.3, -0.25) is 28.8 Å². The van der Waals surface area contributed by atoms with Crippen LogP contribution in [0, 0.1) is 0 Å². The molecule has 5 aromatic carbocycles. The molecule has 0 radical (unpaired) electrons. The molecule has 0 unspecified atom stereocenters. The largest absolute Gasteiger partial charge is 1.00 e. The molecule has 2 heterocycles. The smallest absolute Gasteiger partial charge is 0.870 e. The van der Waals surface area contributed by atoms with Crippen molar-refractivity contribution in [3.63, 3.8) is 0 Å². The number of Topliss-reactive ketones (excluding diaryl/α,β-unsaturated/α-hetero) is 1. The van der Waals surface area contributed by atoms with Crippen molar-refractivity contribution in [3.05, 3.63) is 154 Å². The number of rotatable bonds is 35. The summed E-state index contributed by atoms with van der Waals surface area (Å²) in [6.45, 7) is 1.32. The molecule has 7 rings (SSSR count). The summed E-state index contributed by atoms with van der Waals surface area (Å²) >= 11 is 15.6. The number of carbonyl (C=O) groups excluding carboxylic acids is 8. The van der Waals surface area contributed by atoms with Gasteiger partial charge in [-0.2, -0.15) is 23.5 Å². The number of ketones is 1. The zero-order valence-corrected chi connectivity index (χ0v) is 61.6. The van der Waals surface area contributed by atoms with E-state index in [0.29, 0.717) is 57.0 Å². The number of halogens is 2. The molecule has 2 aliphatic heterocycles. The van der Waals surface area contributed by atoms with Gasteiger partial charge in [0.1, 0.15) is 30.4 Å². The molecule has 2 aliphatic rings. The number of ether oxygens (including phenoxy) is 4. The third-order valence-corrected chi connectivity index (χ3v) is 18.5. The second-order valence-electron chi connectivity index (χ2n) is 22.7. The van der Waals surface area contributed by atoms with E-state index in [1.807, 2.05) is 24.3 Å². The predicted molar refractivity (Wildman–Crippen MR) is 355 cm³/mol. The Morgan fingerprint density at radius 1 is 0.582 bits per heavy atom. The molecule has 25 nitrogen and oxygen atoms in total. The fraction of sp³-hybridized carbons (Fsp3) is 0.433. The number of hydrogen-bond donors (Lipinski definition) is 11. The molecule has 0 saturated carbocycles. The molecule has 31 heteroatoms. The number of amides is 5. The average molecular weight is 1450 g/mol. The zero-order valence-electron chi connectivity index (χ0n) is 54.4.